The highest BCUT2D eigenvalue weighted by Crippen LogP contribution is 2.48. The molecule has 0 saturated heterocycles. The number of aliphatic imine (C=N–C) groups is 1. The van der Waals surface area contributed by atoms with E-state index in [2.05, 4.69) is 26.7 Å². The van der Waals surface area contributed by atoms with E-state index in [9.17, 15) is 14.9 Å². The van der Waals surface area contributed by atoms with Crippen LogP contribution in [0.15, 0.2) is 63.2 Å². The van der Waals surface area contributed by atoms with Gasteiger partial charge in [0.15, 0.2) is 23.9 Å². The summed E-state index contributed by atoms with van der Waals surface area (Å²) < 4.78 is 16.3. The van der Waals surface area contributed by atoms with Crippen LogP contribution in [0.25, 0.3) is 0 Å². The Labute approximate surface area is 212 Å². The van der Waals surface area contributed by atoms with E-state index in [-0.39, 0.29) is 18.3 Å². The van der Waals surface area contributed by atoms with Crippen LogP contribution in [0.4, 0.5) is 0 Å². The van der Waals surface area contributed by atoms with Crippen molar-refractivity contribution in [2.45, 2.75) is 31.6 Å². The number of carbonyl (C=O) groups excluding carboxylic acids is 2. The normalized spacial score (nSPS) is 21.5. The minimum Gasteiger partial charge on any atom is -0.493 e. The average molecular weight is 537 g/mol. The third-order valence-electron chi connectivity index (χ3n) is 6.47. The van der Waals surface area contributed by atoms with Crippen LogP contribution < -0.4 is 9.47 Å². The van der Waals surface area contributed by atoms with E-state index in [0.717, 1.165) is 16.8 Å². The molecule has 1 heterocycles. The number of allylic oxidation sites excluding steroid dienone is 2. The van der Waals surface area contributed by atoms with Gasteiger partial charge >= 0.3 is 5.97 Å². The van der Waals surface area contributed by atoms with Gasteiger partial charge in [0, 0.05) is 29.3 Å². The smallest absolute Gasteiger partial charge is 0.343 e. The van der Waals surface area contributed by atoms with Crippen LogP contribution in [0, 0.1) is 17.2 Å². The molecule has 7 nitrogen and oxygen atoms in total. The van der Waals surface area contributed by atoms with Crippen LogP contribution in [0.5, 0.6) is 11.5 Å². The zero-order chi connectivity index (χ0) is 25.1. The number of benzene rings is 2. The fraction of sp³-hybridized carbons (Fsp3) is 0.333. The summed E-state index contributed by atoms with van der Waals surface area (Å²) in [6.45, 7) is 1.55. The number of nitrogens with zero attached hydrogens (tertiary/aromatic N) is 2. The van der Waals surface area contributed by atoms with E-state index < -0.39 is 17.8 Å². The second kappa shape index (κ2) is 10.4. The van der Waals surface area contributed by atoms with Gasteiger partial charge in [0.2, 0.25) is 0 Å². The van der Waals surface area contributed by atoms with Crippen molar-refractivity contribution in [2.75, 3.05) is 20.8 Å². The topological polar surface area (TPSA) is 98.0 Å². The Kier molecular flexibility index (Phi) is 7.37. The molecule has 0 radical (unpaired) electrons. The molecule has 35 heavy (non-hydrogen) atoms. The first-order valence-electron chi connectivity index (χ1n) is 11.2. The van der Waals surface area contributed by atoms with Crippen molar-refractivity contribution >= 4 is 33.4 Å². The van der Waals surface area contributed by atoms with Gasteiger partial charge in [-0.2, -0.15) is 5.26 Å². The monoisotopic (exact) mass is 536 g/mol. The minimum absolute atomic E-state index is 0.00251. The van der Waals surface area contributed by atoms with Crippen LogP contribution >= 0.6 is 15.9 Å². The number of hydrogen-bond acceptors (Lipinski definition) is 7. The van der Waals surface area contributed by atoms with E-state index in [1.165, 1.54) is 14.2 Å². The molecular formula is C27H25BrN2O5. The van der Waals surface area contributed by atoms with Crippen LogP contribution in [0.1, 0.15) is 42.7 Å². The Morgan fingerprint density at radius 1 is 1.17 bits per heavy atom. The van der Waals surface area contributed by atoms with Crippen molar-refractivity contribution in [3.8, 4) is 17.6 Å². The molecule has 0 saturated carbocycles. The highest BCUT2D eigenvalue weighted by atomic mass is 79.9. The molecule has 8 heteroatoms. The lowest BCUT2D eigenvalue weighted by Crippen LogP contribution is -2.32. The highest BCUT2D eigenvalue weighted by molar-refractivity contribution is 9.10. The molecule has 1 aliphatic heterocycles. The van der Waals surface area contributed by atoms with E-state index >= 15 is 0 Å². The second-order valence-corrected chi connectivity index (χ2v) is 9.39. The Bertz CT molecular complexity index is 1260. The first kappa shape index (κ1) is 24.7. The molecule has 0 N–H and O–H groups in total. The fourth-order valence-electron chi connectivity index (χ4n) is 4.80. The zero-order valence-electron chi connectivity index (χ0n) is 19.7. The van der Waals surface area contributed by atoms with Crippen molar-refractivity contribution in [1.29, 1.82) is 5.26 Å². The number of nitriles is 1. The van der Waals surface area contributed by atoms with Gasteiger partial charge in [-0.3, -0.25) is 9.79 Å². The predicted molar refractivity (Wildman–Crippen MR) is 134 cm³/mol. The molecule has 4 rings (SSSR count). The fourth-order valence-corrected chi connectivity index (χ4v) is 5.37. The van der Waals surface area contributed by atoms with Gasteiger partial charge in [0.25, 0.3) is 0 Å². The molecule has 2 aliphatic rings. The van der Waals surface area contributed by atoms with Gasteiger partial charge in [-0.1, -0.05) is 30.3 Å². The molecule has 0 aromatic heterocycles. The summed E-state index contributed by atoms with van der Waals surface area (Å²) in [7, 11) is 2.78. The summed E-state index contributed by atoms with van der Waals surface area (Å²) in [4.78, 5) is 29.8. The number of esters is 1. The van der Waals surface area contributed by atoms with Crippen molar-refractivity contribution < 1.29 is 23.8 Å². The molecule has 180 valence electrons. The van der Waals surface area contributed by atoms with E-state index in [1.54, 1.807) is 6.07 Å². The Hall–Kier alpha value is -3.44. The summed E-state index contributed by atoms with van der Waals surface area (Å²) >= 11 is 3.51. The standard InChI is InChI=1S/C27H25BrN2O5/c1-15-19(13-29)25(18-9-20(28)27(23(12-18)33-2)35-14-24(32)34-3)26-21(30-15)10-17(11-22(26)31)16-7-5-4-6-8-16/h4-9,12,17,19,25H,10-11,14H2,1-3H3. The van der Waals surface area contributed by atoms with Crippen LogP contribution in [-0.2, 0) is 14.3 Å². The van der Waals surface area contributed by atoms with Gasteiger partial charge in [-0.25, -0.2) is 4.79 Å². The van der Waals surface area contributed by atoms with Crippen LogP contribution in [-0.4, -0.2) is 38.3 Å². The molecular weight excluding hydrogens is 512 g/mol. The van der Waals surface area contributed by atoms with Crippen molar-refractivity contribution in [1.82, 2.24) is 0 Å². The quantitative estimate of drug-likeness (QED) is 0.476. The zero-order valence-corrected chi connectivity index (χ0v) is 21.3. The van der Waals surface area contributed by atoms with Crippen molar-refractivity contribution in [3.63, 3.8) is 0 Å². The number of rotatable bonds is 6. The number of hydrogen-bond donors (Lipinski definition) is 0. The summed E-state index contributed by atoms with van der Waals surface area (Å²) in [5.41, 5.74) is 3.85. The third-order valence-corrected chi connectivity index (χ3v) is 7.06. The van der Waals surface area contributed by atoms with Crippen molar-refractivity contribution in [2.24, 2.45) is 10.9 Å². The SMILES string of the molecule is COC(=O)COc1c(Br)cc(C2C3=C(CC(c4ccccc4)CC3=O)N=C(C)C2C#N)cc1OC. The van der Waals surface area contributed by atoms with Gasteiger partial charge < -0.3 is 14.2 Å². The van der Waals surface area contributed by atoms with Crippen LogP contribution in [0.3, 0.4) is 0 Å². The molecule has 3 unspecified atom stereocenters. The summed E-state index contributed by atoms with van der Waals surface area (Å²) in [5, 5.41) is 10.0. The lowest BCUT2D eigenvalue weighted by molar-refractivity contribution is -0.143. The Balaban J connectivity index is 1.77. The number of carbonyl (C=O) groups is 2. The number of Topliss-reactive ketones (excluding diaryl/α,β-unsaturated/α-hetero) is 1. The maximum atomic E-state index is 13.5. The Morgan fingerprint density at radius 3 is 2.57 bits per heavy atom. The van der Waals surface area contributed by atoms with E-state index in [0.29, 0.717) is 40.1 Å². The first-order valence-corrected chi connectivity index (χ1v) is 12.0. The molecule has 0 bridgehead atoms. The molecule has 3 atom stereocenters. The number of halogens is 1. The number of methoxy groups -OCH3 is 2. The van der Waals surface area contributed by atoms with E-state index in [1.807, 2.05) is 43.3 Å². The summed E-state index contributed by atoms with van der Waals surface area (Å²) in [6, 6.07) is 15.9. The van der Waals surface area contributed by atoms with Crippen LogP contribution in [0.2, 0.25) is 0 Å². The number of ketones is 1. The molecule has 2 aromatic rings. The largest absolute Gasteiger partial charge is 0.493 e. The highest BCUT2D eigenvalue weighted by Gasteiger charge is 2.41. The van der Waals surface area contributed by atoms with Crippen molar-refractivity contribution in [3.05, 3.63) is 69.3 Å². The average Bonchev–Trinajstić information content (AvgIpc) is 2.86. The predicted octanol–water partition coefficient (Wildman–Crippen LogP) is 5.11. The van der Waals surface area contributed by atoms with Gasteiger partial charge in [0.1, 0.15) is 0 Å². The third kappa shape index (κ3) is 4.87. The molecule has 0 fully saturated rings. The lowest BCUT2D eigenvalue weighted by atomic mass is 9.69. The summed E-state index contributed by atoms with van der Waals surface area (Å²) in [5.74, 6) is -0.841. The molecule has 0 amide bonds. The minimum atomic E-state index is -0.593. The lowest BCUT2D eigenvalue weighted by Gasteiger charge is -2.35. The summed E-state index contributed by atoms with van der Waals surface area (Å²) in [6.07, 6.45) is 1.00. The maximum Gasteiger partial charge on any atom is 0.343 e. The van der Waals surface area contributed by atoms with Gasteiger partial charge in [-0.15, -0.1) is 0 Å². The Morgan fingerprint density at radius 2 is 1.91 bits per heavy atom. The molecule has 1 aliphatic carbocycles. The second-order valence-electron chi connectivity index (χ2n) is 8.54. The number of ether oxygens (including phenoxy) is 3. The van der Waals surface area contributed by atoms with Gasteiger partial charge in [0.05, 0.1) is 30.7 Å². The molecule has 0 spiro atoms. The van der Waals surface area contributed by atoms with Gasteiger partial charge in [-0.05, 0) is 58.5 Å². The first-order chi connectivity index (χ1) is 16.9. The maximum absolute atomic E-state index is 13.5. The molecule has 2 aromatic carbocycles. The van der Waals surface area contributed by atoms with E-state index in [4.69, 9.17) is 14.5 Å².